The Morgan fingerprint density at radius 2 is 1.55 bits per heavy atom. The molecule has 1 aliphatic rings. The van der Waals surface area contributed by atoms with Crippen LogP contribution in [0.1, 0.15) is 55.1 Å². The summed E-state index contributed by atoms with van der Waals surface area (Å²) in [5.74, 6) is 1.51. The molecule has 4 rings (SSSR count). The molecule has 0 aliphatic carbocycles. The molecule has 2 unspecified atom stereocenters. The maximum absolute atomic E-state index is 9.81. The number of aliphatic hydroxyl groups excluding tert-OH is 1. The summed E-state index contributed by atoms with van der Waals surface area (Å²) < 4.78 is 6.01. The number of aliphatic imine (C=N–C) groups is 1. The molecule has 0 saturated carbocycles. The Morgan fingerprint density at radius 1 is 0.939 bits per heavy atom. The lowest BCUT2D eigenvalue weighted by Gasteiger charge is -2.24. The summed E-state index contributed by atoms with van der Waals surface area (Å²) in [4.78, 5) is 5.09. The van der Waals surface area contributed by atoms with Crippen LogP contribution in [0.2, 0.25) is 10.0 Å². The summed E-state index contributed by atoms with van der Waals surface area (Å²) in [5, 5.41) is 14.8. The predicted octanol–water partition coefficient (Wildman–Crippen LogP) is 6.49. The van der Waals surface area contributed by atoms with Crippen LogP contribution in [0.5, 0.6) is 5.75 Å². The Bertz CT molecular complexity index is 1140. The fourth-order valence-corrected chi connectivity index (χ4v) is 4.24. The minimum atomic E-state index is -0.368. The minimum Gasteiger partial charge on any atom is -0.493 e. The van der Waals surface area contributed by atoms with Crippen LogP contribution in [-0.4, -0.2) is 24.2 Å². The van der Waals surface area contributed by atoms with Crippen molar-refractivity contribution in [1.29, 1.82) is 0 Å². The molecule has 4 nitrogen and oxygen atoms in total. The van der Waals surface area contributed by atoms with Crippen molar-refractivity contribution in [3.8, 4) is 5.75 Å². The van der Waals surface area contributed by atoms with E-state index in [9.17, 15) is 5.11 Å². The normalized spacial score (nSPS) is 18.1. The number of hydrogen-bond acceptors (Lipinski definition) is 4. The third-order valence-electron chi connectivity index (χ3n) is 6.03. The molecule has 2 atom stereocenters. The molecule has 0 fully saturated rings. The summed E-state index contributed by atoms with van der Waals surface area (Å²) in [7, 11) is 0. The molecule has 0 spiro atoms. The van der Waals surface area contributed by atoms with E-state index in [0.717, 1.165) is 33.8 Å². The van der Waals surface area contributed by atoms with Gasteiger partial charge in [0.1, 0.15) is 17.6 Å². The van der Waals surface area contributed by atoms with Crippen molar-refractivity contribution < 1.29 is 9.84 Å². The molecule has 3 aromatic carbocycles. The number of aliphatic hydroxyl groups is 1. The fourth-order valence-electron chi connectivity index (χ4n) is 3.99. The van der Waals surface area contributed by atoms with Gasteiger partial charge in [0, 0.05) is 15.5 Å². The maximum atomic E-state index is 9.81. The van der Waals surface area contributed by atoms with Crippen LogP contribution in [0, 0.1) is 0 Å². The van der Waals surface area contributed by atoms with Crippen LogP contribution in [0.25, 0.3) is 0 Å². The van der Waals surface area contributed by atoms with Crippen molar-refractivity contribution in [1.82, 2.24) is 5.32 Å². The molecule has 0 saturated heterocycles. The highest BCUT2D eigenvalue weighted by Gasteiger charge is 2.33. The molecule has 33 heavy (non-hydrogen) atoms. The van der Waals surface area contributed by atoms with Gasteiger partial charge in [-0.15, -0.1) is 0 Å². The number of halogens is 2. The van der Waals surface area contributed by atoms with E-state index in [1.807, 2.05) is 87.5 Å². The molecule has 0 bridgehead atoms. The lowest BCUT2D eigenvalue weighted by atomic mass is 9.85. The first-order valence-electron chi connectivity index (χ1n) is 11.1. The van der Waals surface area contributed by atoms with Gasteiger partial charge in [-0.25, -0.2) is 0 Å². The van der Waals surface area contributed by atoms with Crippen molar-refractivity contribution in [3.63, 3.8) is 0 Å². The Kier molecular flexibility index (Phi) is 6.99. The first kappa shape index (κ1) is 23.6. The monoisotopic (exact) mass is 482 g/mol. The van der Waals surface area contributed by atoms with Crippen LogP contribution in [-0.2, 0) is 5.41 Å². The quantitative estimate of drug-likeness (QED) is 0.404. The number of nitrogens with zero attached hydrogens (tertiary/aromatic N) is 1. The third kappa shape index (κ3) is 5.03. The molecular weight excluding hydrogens is 455 g/mol. The van der Waals surface area contributed by atoms with E-state index < -0.39 is 0 Å². The van der Waals surface area contributed by atoms with Gasteiger partial charge < -0.3 is 15.2 Å². The summed E-state index contributed by atoms with van der Waals surface area (Å²) in [6.07, 6.45) is 0. The fraction of sp³-hybridized carbons (Fsp3) is 0.296. The molecule has 1 heterocycles. The van der Waals surface area contributed by atoms with E-state index in [-0.39, 0.29) is 24.1 Å². The average molecular weight is 483 g/mol. The Balaban J connectivity index is 1.77. The molecule has 0 radical (unpaired) electrons. The largest absolute Gasteiger partial charge is 0.493 e. The molecule has 3 aromatic rings. The Morgan fingerprint density at radius 3 is 2.12 bits per heavy atom. The van der Waals surface area contributed by atoms with E-state index in [2.05, 4.69) is 5.32 Å². The SMILES string of the molecule is CCOc1cc(C(C)(C)CO)ccc1C1=NC(c2ccc(Cl)cc2)C(c2ccc(Cl)cc2)N1. The molecule has 172 valence electrons. The maximum Gasteiger partial charge on any atom is 0.133 e. The lowest BCUT2D eigenvalue weighted by molar-refractivity contribution is 0.218. The van der Waals surface area contributed by atoms with Crippen LogP contribution >= 0.6 is 23.2 Å². The average Bonchev–Trinajstić information content (AvgIpc) is 3.25. The first-order valence-corrected chi connectivity index (χ1v) is 11.8. The number of hydrogen-bond donors (Lipinski definition) is 2. The second kappa shape index (κ2) is 9.76. The van der Waals surface area contributed by atoms with Crippen LogP contribution in [0.15, 0.2) is 71.7 Å². The van der Waals surface area contributed by atoms with Gasteiger partial charge in [-0.3, -0.25) is 4.99 Å². The van der Waals surface area contributed by atoms with E-state index in [1.54, 1.807) is 0 Å². The highest BCUT2D eigenvalue weighted by molar-refractivity contribution is 6.30. The van der Waals surface area contributed by atoms with E-state index >= 15 is 0 Å². The van der Waals surface area contributed by atoms with Crippen LogP contribution < -0.4 is 10.1 Å². The summed E-state index contributed by atoms with van der Waals surface area (Å²) in [6, 6.07) is 21.5. The van der Waals surface area contributed by atoms with E-state index in [0.29, 0.717) is 16.7 Å². The molecular formula is C27H28Cl2N2O2. The third-order valence-corrected chi connectivity index (χ3v) is 6.53. The van der Waals surface area contributed by atoms with Gasteiger partial charge in [0.25, 0.3) is 0 Å². The van der Waals surface area contributed by atoms with E-state index in [1.165, 1.54) is 0 Å². The first-order chi connectivity index (χ1) is 15.8. The van der Waals surface area contributed by atoms with Gasteiger partial charge in [-0.05, 0) is 60.0 Å². The predicted molar refractivity (Wildman–Crippen MR) is 136 cm³/mol. The van der Waals surface area contributed by atoms with Gasteiger partial charge in [0.05, 0.1) is 24.8 Å². The molecule has 1 aliphatic heterocycles. The van der Waals surface area contributed by atoms with Crippen molar-refractivity contribution >= 4 is 29.0 Å². The zero-order valence-corrected chi connectivity index (χ0v) is 20.5. The second-order valence-electron chi connectivity index (χ2n) is 8.83. The zero-order chi connectivity index (χ0) is 23.6. The number of amidine groups is 1. The second-order valence-corrected chi connectivity index (χ2v) is 9.71. The number of rotatable bonds is 7. The summed E-state index contributed by atoms with van der Waals surface area (Å²) in [6.45, 7) is 6.57. The number of ether oxygens (including phenoxy) is 1. The molecule has 0 aromatic heterocycles. The van der Waals surface area contributed by atoms with Gasteiger partial charge in [0.15, 0.2) is 0 Å². The van der Waals surface area contributed by atoms with E-state index in [4.69, 9.17) is 32.9 Å². The Labute approximate surface area is 205 Å². The summed E-state index contributed by atoms with van der Waals surface area (Å²) in [5.41, 5.74) is 3.70. The molecule has 0 amide bonds. The highest BCUT2D eigenvalue weighted by atomic mass is 35.5. The highest BCUT2D eigenvalue weighted by Crippen LogP contribution is 2.39. The van der Waals surface area contributed by atoms with Crippen LogP contribution in [0.4, 0.5) is 0 Å². The van der Waals surface area contributed by atoms with Crippen molar-refractivity contribution in [2.24, 2.45) is 4.99 Å². The van der Waals surface area contributed by atoms with Crippen molar-refractivity contribution in [3.05, 3.63) is 99.0 Å². The van der Waals surface area contributed by atoms with Gasteiger partial charge in [0.2, 0.25) is 0 Å². The number of benzene rings is 3. The summed E-state index contributed by atoms with van der Waals surface area (Å²) >= 11 is 12.3. The molecule has 6 heteroatoms. The number of nitrogens with one attached hydrogen (secondary N) is 1. The van der Waals surface area contributed by atoms with Crippen molar-refractivity contribution in [2.75, 3.05) is 13.2 Å². The lowest BCUT2D eigenvalue weighted by Crippen LogP contribution is -2.26. The minimum absolute atomic E-state index is 0.0500. The molecule has 2 N–H and O–H groups in total. The van der Waals surface area contributed by atoms with Gasteiger partial charge in [-0.2, -0.15) is 0 Å². The van der Waals surface area contributed by atoms with Gasteiger partial charge >= 0.3 is 0 Å². The van der Waals surface area contributed by atoms with Gasteiger partial charge in [-0.1, -0.05) is 67.4 Å². The van der Waals surface area contributed by atoms with Crippen LogP contribution in [0.3, 0.4) is 0 Å². The van der Waals surface area contributed by atoms with Crippen molar-refractivity contribution in [2.45, 2.75) is 38.3 Å². The standard InChI is InChI=1S/C27H28Cl2N2O2/c1-4-33-23-15-19(27(2,3)16-32)9-14-22(23)26-30-24(17-5-10-20(28)11-6-17)25(31-26)18-7-12-21(29)13-8-18/h5-15,24-25,32H,4,16H2,1-3H3,(H,30,31). The smallest absolute Gasteiger partial charge is 0.133 e. The topological polar surface area (TPSA) is 53.9 Å². The Hall–Kier alpha value is -2.53. The zero-order valence-electron chi connectivity index (χ0n) is 19.0.